The molecule has 1 amide bonds. The zero-order valence-electron chi connectivity index (χ0n) is 13.4. The van der Waals surface area contributed by atoms with Crippen molar-refractivity contribution in [1.29, 1.82) is 0 Å². The molecule has 1 heterocycles. The van der Waals surface area contributed by atoms with Crippen molar-refractivity contribution in [3.05, 3.63) is 78.6 Å². The lowest BCUT2D eigenvalue weighted by Gasteiger charge is -2.06. The highest BCUT2D eigenvalue weighted by Gasteiger charge is 2.08. The average Bonchev–Trinajstić information content (AvgIpc) is 3.13. The van der Waals surface area contributed by atoms with Crippen molar-refractivity contribution in [2.24, 2.45) is 0 Å². The molecule has 0 fully saturated rings. The Balaban J connectivity index is 1.43. The Kier molecular flexibility index (Phi) is 5.24. The van der Waals surface area contributed by atoms with Gasteiger partial charge in [-0.05, 0) is 30.7 Å². The van der Waals surface area contributed by atoms with Crippen LogP contribution in [0.1, 0.15) is 16.8 Å². The van der Waals surface area contributed by atoms with Crippen molar-refractivity contribution in [2.75, 3.05) is 18.4 Å². The minimum Gasteiger partial charge on any atom is -0.385 e. The topological polar surface area (TPSA) is 59.0 Å². The fraction of sp³-hybridized carbons (Fsp3) is 0.158. The van der Waals surface area contributed by atoms with Gasteiger partial charge in [0.25, 0.3) is 5.91 Å². The van der Waals surface area contributed by atoms with Crippen LogP contribution in [0.25, 0.3) is 5.69 Å². The van der Waals surface area contributed by atoms with E-state index in [4.69, 9.17) is 0 Å². The summed E-state index contributed by atoms with van der Waals surface area (Å²) in [6.07, 6.45) is 4.19. The van der Waals surface area contributed by atoms with E-state index >= 15 is 0 Å². The zero-order chi connectivity index (χ0) is 16.6. The summed E-state index contributed by atoms with van der Waals surface area (Å²) in [7, 11) is 0. The summed E-state index contributed by atoms with van der Waals surface area (Å²) >= 11 is 0. The summed E-state index contributed by atoms with van der Waals surface area (Å²) in [5.41, 5.74) is 2.59. The van der Waals surface area contributed by atoms with E-state index in [0.717, 1.165) is 24.3 Å². The quantitative estimate of drug-likeness (QED) is 0.658. The van der Waals surface area contributed by atoms with Gasteiger partial charge in [0.2, 0.25) is 0 Å². The van der Waals surface area contributed by atoms with Crippen LogP contribution in [-0.2, 0) is 0 Å². The summed E-state index contributed by atoms with van der Waals surface area (Å²) in [4.78, 5) is 12.1. The van der Waals surface area contributed by atoms with E-state index in [1.54, 1.807) is 17.1 Å². The maximum absolute atomic E-state index is 12.1. The van der Waals surface area contributed by atoms with Crippen molar-refractivity contribution < 1.29 is 4.79 Å². The molecule has 2 N–H and O–H groups in total. The first-order chi connectivity index (χ1) is 11.8. The van der Waals surface area contributed by atoms with E-state index in [-0.39, 0.29) is 5.91 Å². The highest BCUT2D eigenvalue weighted by molar-refractivity contribution is 5.93. The molecule has 0 spiro atoms. The Morgan fingerprint density at radius 1 is 0.958 bits per heavy atom. The summed E-state index contributed by atoms with van der Waals surface area (Å²) in [6.45, 7) is 1.43. The zero-order valence-corrected chi connectivity index (χ0v) is 13.4. The highest BCUT2D eigenvalue weighted by Crippen LogP contribution is 2.07. The number of aromatic nitrogens is 2. The van der Waals surface area contributed by atoms with Crippen molar-refractivity contribution in [1.82, 2.24) is 15.1 Å². The van der Waals surface area contributed by atoms with E-state index in [1.165, 1.54) is 0 Å². The predicted molar refractivity (Wildman–Crippen MR) is 95.4 cm³/mol. The van der Waals surface area contributed by atoms with Crippen LogP contribution >= 0.6 is 0 Å². The first kappa shape index (κ1) is 15.8. The van der Waals surface area contributed by atoms with Crippen LogP contribution in [0.5, 0.6) is 0 Å². The molecule has 5 heteroatoms. The third-order valence-corrected chi connectivity index (χ3v) is 3.61. The Morgan fingerprint density at radius 2 is 1.67 bits per heavy atom. The summed E-state index contributed by atoms with van der Waals surface area (Å²) in [5.74, 6) is -0.100. The number of nitrogens with one attached hydrogen (secondary N) is 2. The fourth-order valence-corrected chi connectivity index (χ4v) is 2.34. The molecule has 0 aliphatic carbocycles. The van der Waals surface area contributed by atoms with E-state index in [0.29, 0.717) is 12.1 Å². The van der Waals surface area contributed by atoms with E-state index in [1.807, 2.05) is 60.7 Å². The number of carbonyl (C=O) groups excluding carboxylic acids is 1. The fourth-order valence-electron chi connectivity index (χ4n) is 2.34. The summed E-state index contributed by atoms with van der Waals surface area (Å²) in [5, 5.41) is 10.5. The van der Waals surface area contributed by atoms with Gasteiger partial charge in [-0.3, -0.25) is 4.79 Å². The Hall–Kier alpha value is -3.08. The van der Waals surface area contributed by atoms with Gasteiger partial charge >= 0.3 is 0 Å². The van der Waals surface area contributed by atoms with Crippen molar-refractivity contribution in [3.8, 4) is 5.69 Å². The second kappa shape index (κ2) is 7.97. The van der Waals surface area contributed by atoms with Crippen LogP contribution in [0.2, 0.25) is 0 Å². The highest BCUT2D eigenvalue weighted by atomic mass is 16.1. The number of hydrogen-bond donors (Lipinski definition) is 2. The lowest BCUT2D eigenvalue weighted by molar-refractivity contribution is 0.0953. The molecule has 122 valence electrons. The molecule has 3 rings (SSSR count). The second-order valence-electron chi connectivity index (χ2n) is 5.41. The predicted octanol–water partition coefficient (Wildman–Crippen LogP) is 3.10. The first-order valence-electron chi connectivity index (χ1n) is 8.00. The van der Waals surface area contributed by atoms with Gasteiger partial charge in [0, 0.05) is 25.0 Å². The molecule has 0 aliphatic rings. The molecule has 0 radical (unpaired) electrons. The third kappa shape index (κ3) is 4.23. The van der Waals surface area contributed by atoms with Crippen molar-refractivity contribution >= 4 is 11.6 Å². The van der Waals surface area contributed by atoms with E-state index < -0.39 is 0 Å². The van der Waals surface area contributed by atoms with Crippen LogP contribution in [-0.4, -0.2) is 28.8 Å². The largest absolute Gasteiger partial charge is 0.385 e. The number of anilines is 1. The van der Waals surface area contributed by atoms with Crippen LogP contribution in [0.4, 0.5) is 5.69 Å². The lowest BCUT2D eigenvalue weighted by Crippen LogP contribution is -2.25. The molecule has 1 aromatic heterocycles. The smallest absolute Gasteiger partial charge is 0.254 e. The molecule has 0 saturated carbocycles. The molecule has 3 aromatic rings. The van der Waals surface area contributed by atoms with Gasteiger partial charge in [-0.15, -0.1) is 0 Å². The Bertz CT molecular complexity index is 768. The Morgan fingerprint density at radius 3 is 2.42 bits per heavy atom. The Labute approximate surface area is 141 Å². The molecule has 0 bridgehead atoms. The van der Waals surface area contributed by atoms with Crippen LogP contribution in [0, 0.1) is 0 Å². The van der Waals surface area contributed by atoms with Crippen LogP contribution in [0.15, 0.2) is 73.1 Å². The number of para-hydroxylation sites is 2. The number of hydrogen-bond acceptors (Lipinski definition) is 3. The number of benzene rings is 2. The average molecular weight is 320 g/mol. The SMILES string of the molecule is O=C(NCCCNc1ccccc1)c1cnn(-c2ccccc2)c1. The second-order valence-corrected chi connectivity index (χ2v) is 5.41. The number of nitrogens with zero attached hydrogens (tertiary/aromatic N) is 2. The molecule has 2 aromatic carbocycles. The van der Waals surface area contributed by atoms with Crippen LogP contribution < -0.4 is 10.6 Å². The van der Waals surface area contributed by atoms with Gasteiger partial charge < -0.3 is 10.6 Å². The normalized spacial score (nSPS) is 10.3. The lowest BCUT2D eigenvalue weighted by atomic mass is 10.3. The van der Waals surface area contributed by atoms with Gasteiger partial charge in [-0.25, -0.2) is 4.68 Å². The van der Waals surface area contributed by atoms with Gasteiger partial charge in [0.05, 0.1) is 17.4 Å². The molecular weight excluding hydrogens is 300 g/mol. The number of carbonyl (C=O) groups is 1. The number of amides is 1. The molecule has 5 nitrogen and oxygen atoms in total. The minimum absolute atomic E-state index is 0.100. The maximum atomic E-state index is 12.1. The molecule has 0 saturated heterocycles. The first-order valence-corrected chi connectivity index (χ1v) is 8.00. The van der Waals surface area contributed by atoms with Gasteiger partial charge in [-0.1, -0.05) is 36.4 Å². The molecule has 0 aliphatic heterocycles. The number of rotatable bonds is 7. The van der Waals surface area contributed by atoms with Crippen LogP contribution in [0.3, 0.4) is 0 Å². The van der Waals surface area contributed by atoms with Crippen molar-refractivity contribution in [2.45, 2.75) is 6.42 Å². The van der Waals surface area contributed by atoms with Gasteiger partial charge in [-0.2, -0.15) is 5.10 Å². The van der Waals surface area contributed by atoms with E-state index in [2.05, 4.69) is 15.7 Å². The molecular formula is C19H20N4O. The van der Waals surface area contributed by atoms with E-state index in [9.17, 15) is 4.79 Å². The summed E-state index contributed by atoms with van der Waals surface area (Å²) in [6, 6.07) is 19.8. The monoisotopic (exact) mass is 320 g/mol. The molecule has 0 atom stereocenters. The standard InChI is InChI=1S/C19H20N4O/c24-19(21-13-7-12-20-17-8-3-1-4-9-17)16-14-22-23(15-16)18-10-5-2-6-11-18/h1-6,8-11,14-15,20H,7,12-13H2,(H,21,24). The molecule has 24 heavy (non-hydrogen) atoms. The third-order valence-electron chi connectivity index (χ3n) is 3.61. The minimum atomic E-state index is -0.100. The van der Waals surface area contributed by atoms with Gasteiger partial charge in [0.15, 0.2) is 0 Å². The summed E-state index contributed by atoms with van der Waals surface area (Å²) < 4.78 is 1.70. The van der Waals surface area contributed by atoms with Crippen molar-refractivity contribution in [3.63, 3.8) is 0 Å². The maximum Gasteiger partial charge on any atom is 0.254 e. The van der Waals surface area contributed by atoms with Gasteiger partial charge in [0.1, 0.15) is 0 Å². The molecule has 0 unspecified atom stereocenters.